The predicted molar refractivity (Wildman–Crippen MR) is 188 cm³/mol. The Labute approximate surface area is 286 Å². The number of para-hydroxylation sites is 2. The van der Waals surface area contributed by atoms with Gasteiger partial charge in [0.2, 0.25) is 0 Å². The molecule has 1 aliphatic carbocycles. The molecule has 10 heteroatoms. The van der Waals surface area contributed by atoms with Crippen LogP contribution in [-0.4, -0.2) is 33.8 Å². The van der Waals surface area contributed by atoms with Crippen LogP contribution in [-0.2, 0) is 19.5 Å². The SMILES string of the molecule is C1=C\CC/C=C\CC/1.COc1ccccc1[P@](CC[P@@](c1ccccc1)c1ccccc1OC)c1ccccc1.F[B-](F)(F)F.[Rh]. The van der Waals surface area contributed by atoms with Gasteiger partial charge >= 0.3 is 7.25 Å². The first kappa shape index (κ1) is 39.4. The van der Waals surface area contributed by atoms with Crippen LogP contribution in [0, 0.1) is 0 Å². The molecule has 46 heavy (non-hydrogen) atoms. The maximum absolute atomic E-state index is 9.75. The minimum atomic E-state index is -6.00. The number of hydrogen-bond acceptors (Lipinski definition) is 2. The van der Waals surface area contributed by atoms with E-state index in [2.05, 4.69) is 121 Å². The van der Waals surface area contributed by atoms with Crippen molar-refractivity contribution in [2.45, 2.75) is 25.7 Å². The molecule has 0 unspecified atom stereocenters. The molecule has 1 radical (unpaired) electrons. The Morgan fingerprint density at radius 3 is 1.09 bits per heavy atom. The van der Waals surface area contributed by atoms with Crippen LogP contribution in [0.25, 0.3) is 0 Å². The van der Waals surface area contributed by atoms with Crippen LogP contribution in [0.2, 0.25) is 0 Å². The first-order valence-electron chi connectivity index (χ1n) is 14.9. The Morgan fingerprint density at radius 2 is 0.783 bits per heavy atom. The summed E-state index contributed by atoms with van der Waals surface area (Å²) >= 11 is 0. The van der Waals surface area contributed by atoms with Crippen molar-refractivity contribution in [1.29, 1.82) is 0 Å². The zero-order valence-corrected chi connectivity index (χ0v) is 29.5. The van der Waals surface area contributed by atoms with E-state index in [1.165, 1.54) is 46.9 Å². The summed E-state index contributed by atoms with van der Waals surface area (Å²) in [4.78, 5) is 0. The van der Waals surface area contributed by atoms with E-state index in [9.17, 15) is 17.3 Å². The van der Waals surface area contributed by atoms with E-state index in [4.69, 9.17) is 9.47 Å². The van der Waals surface area contributed by atoms with Crippen molar-refractivity contribution in [2.24, 2.45) is 0 Å². The van der Waals surface area contributed by atoms with Gasteiger partial charge in [-0.05, 0) is 76.6 Å². The molecule has 2 atom stereocenters. The van der Waals surface area contributed by atoms with Gasteiger partial charge in [0, 0.05) is 30.1 Å². The van der Waals surface area contributed by atoms with Crippen molar-refractivity contribution < 1.29 is 46.2 Å². The molecule has 0 N–H and O–H groups in total. The fourth-order valence-electron chi connectivity index (χ4n) is 4.75. The summed E-state index contributed by atoms with van der Waals surface area (Å²) in [6, 6.07) is 38.7. The summed E-state index contributed by atoms with van der Waals surface area (Å²) in [5.74, 6) is 1.95. The summed E-state index contributed by atoms with van der Waals surface area (Å²) in [5, 5.41) is 5.38. The molecule has 0 saturated heterocycles. The van der Waals surface area contributed by atoms with Crippen LogP contribution >= 0.6 is 15.8 Å². The van der Waals surface area contributed by atoms with Gasteiger partial charge in [-0.15, -0.1) is 0 Å². The Morgan fingerprint density at radius 1 is 0.500 bits per heavy atom. The second kappa shape index (κ2) is 21.9. The van der Waals surface area contributed by atoms with Gasteiger partial charge in [-0.3, -0.25) is 0 Å². The third-order valence-corrected chi connectivity index (χ3v) is 12.2. The number of methoxy groups -OCH3 is 2. The molecular formula is C36H40BF4O2P2Rh-. The third kappa shape index (κ3) is 14.3. The van der Waals surface area contributed by atoms with Crippen LogP contribution in [0.1, 0.15) is 25.7 Å². The summed E-state index contributed by atoms with van der Waals surface area (Å²) < 4.78 is 50.5. The molecule has 0 spiro atoms. The number of hydrogen-bond donors (Lipinski definition) is 0. The van der Waals surface area contributed by atoms with Crippen LogP contribution in [0.5, 0.6) is 11.5 Å². The quantitative estimate of drug-likeness (QED) is 0.0735. The average molecular weight is 756 g/mol. The molecule has 0 saturated carbocycles. The van der Waals surface area contributed by atoms with Crippen molar-refractivity contribution in [3.8, 4) is 11.5 Å². The third-order valence-electron chi connectivity index (χ3n) is 6.77. The first-order valence-corrected chi connectivity index (χ1v) is 18.0. The molecule has 4 aromatic rings. The number of allylic oxidation sites excluding steroid dienone is 4. The fraction of sp³-hybridized carbons (Fsp3) is 0.222. The smallest absolute Gasteiger partial charge is 0.496 e. The van der Waals surface area contributed by atoms with Gasteiger partial charge in [0.05, 0.1) is 14.2 Å². The largest absolute Gasteiger partial charge is 0.673 e. The maximum atomic E-state index is 9.75. The van der Waals surface area contributed by atoms with E-state index in [1.54, 1.807) is 14.2 Å². The molecule has 0 bridgehead atoms. The molecule has 247 valence electrons. The molecule has 0 heterocycles. The Bertz CT molecular complexity index is 1330. The van der Waals surface area contributed by atoms with Crippen LogP contribution < -0.4 is 30.7 Å². The van der Waals surface area contributed by atoms with E-state index >= 15 is 0 Å². The van der Waals surface area contributed by atoms with Crippen LogP contribution in [0.4, 0.5) is 17.3 Å². The summed E-state index contributed by atoms with van der Waals surface area (Å²) in [7, 11) is -3.57. The normalized spacial score (nSPS) is 15.0. The van der Waals surface area contributed by atoms with E-state index in [0.29, 0.717) is 0 Å². The van der Waals surface area contributed by atoms with Gasteiger partial charge in [-0.2, -0.15) is 0 Å². The molecule has 0 aromatic heterocycles. The summed E-state index contributed by atoms with van der Waals surface area (Å²) in [5.41, 5.74) is 0. The molecular weight excluding hydrogens is 716 g/mol. The summed E-state index contributed by atoms with van der Waals surface area (Å²) in [6.07, 6.45) is 16.2. The Kier molecular flexibility index (Phi) is 18.8. The average Bonchev–Trinajstić information content (AvgIpc) is 3.03. The zero-order chi connectivity index (χ0) is 32.3. The van der Waals surface area contributed by atoms with Gasteiger partial charge in [0.25, 0.3) is 0 Å². The molecule has 0 amide bonds. The number of rotatable bonds is 9. The van der Waals surface area contributed by atoms with E-state index in [0.717, 1.165) is 23.8 Å². The van der Waals surface area contributed by atoms with Crippen molar-refractivity contribution >= 4 is 44.3 Å². The number of halogens is 4. The van der Waals surface area contributed by atoms with Gasteiger partial charge in [-0.1, -0.05) is 121 Å². The van der Waals surface area contributed by atoms with Gasteiger partial charge in [-0.25, -0.2) is 0 Å². The minimum absolute atomic E-state index is 0. The molecule has 0 aliphatic heterocycles. The van der Waals surface area contributed by atoms with E-state index in [1.807, 2.05) is 12.1 Å². The topological polar surface area (TPSA) is 18.5 Å². The number of ether oxygens (including phenoxy) is 2. The van der Waals surface area contributed by atoms with Gasteiger partial charge < -0.3 is 26.7 Å². The summed E-state index contributed by atoms with van der Waals surface area (Å²) in [6.45, 7) is 0. The zero-order valence-electron chi connectivity index (χ0n) is 26.1. The molecule has 0 fully saturated rings. The fourth-order valence-corrected chi connectivity index (χ4v) is 10.4. The van der Waals surface area contributed by atoms with Crippen LogP contribution in [0.3, 0.4) is 0 Å². The standard InChI is InChI=1S/C28H28O2P2.C8H12.BF4.Rh/c1-29-25-17-9-11-19-27(25)31(23-13-5-3-6-14-23)21-22-32(24-15-7-4-8-16-24)28-20-12-10-18-26(28)30-2;1-2-4-6-8-7-5-3-1;2-1(3,4)5;/h3-20H,21-22H2,1-2H3;1-2,7-8H,3-6H2;;/q;;-1;/b;2-1-,8-7-;;/t31-,32+;;;. The molecule has 5 rings (SSSR count). The van der Waals surface area contributed by atoms with Gasteiger partial charge in [0.15, 0.2) is 0 Å². The first-order chi connectivity index (χ1) is 21.8. The Balaban J connectivity index is 0.000000440. The molecule has 1 aliphatic rings. The molecule has 4 aromatic carbocycles. The number of benzene rings is 4. The van der Waals surface area contributed by atoms with Crippen molar-refractivity contribution in [3.05, 3.63) is 133 Å². The van der Waals surface area contributed by atoms with Crippen molar-refractivity contribution in [1.82, 2.24) is 0 Å². The maximum Gasteiger partial charge on any atom is 0.673 e. The monoisotopic (exact) mass is 756 g/mol. The Hall–Kier alpha value is -2.77. The second-order valence-electron chi connectivity index (χ2n) is 9.91. The molecule has 2 nitrogen and oxygen atoms in total. The van der Waals surface area contributed by atoms with Gasteiger partial charge in [0.1, 0.15) is 11.5 Å². The minimum Gasteiger partial charge on any atom is -0.496 e. The van der Waals surface area contributed by atoms with Crippen molar-refractivity contribution in [2.75, 3.05) is 26.5 Å². The van der Waals surface area contributed by atoms with Crippen molar-refractivity contribution in [3.63, 3.8) is 0 Å². The van der Waals surface area contributed by atoms with Crippen LogP contribution in [0.15, 0.2) is 133 Å². The van der Waals surface area contributed by atoms with E-state index < -0.39 is 23.1 Å². The van der Waals surface area contributed by atoms with E-state index in [-0.39, 0.29) is 19.5 Å². The second-order valence-corrected chi connectivity index (χ2v) is 14.5. The predicted octanol–water partition coefficient (Wildman–Crippen LogP) is 9.24.